The van der Waals surface area contributed by atoms with Gasteiger partial charge < -0.3 is 30.7 Å². The van der Waals surface area contributed by atoms with Crippen molar-refractivity contribution >= 4 is 35.2 Å². The minimum Gasteiger partial charge on any atom is -0.506 e. The van der Waals surface area contributed by atoms with Gasteiger partial charge in [-0.1, -0.05) is 32.0 Å². The molecular formula is C27H33ClN2O7. The first-order valence-electron chi connectivity index (χ1n) is 12.0. The molecule has 3 aromatic rings. The first kappa shape index (κ1) is 29.8. The number of nitrogens with one attached hydrogen (secondary N) is 2. The number of halogens is 1. The summed E-state index contributed by atoms with van der Waals surface area (Å²) in [6.07, 6.45) is 2.53. The zero-order valence-corrected chi connectivity index (χ0v) is 21.6. The number of benzene rings is 2. The van der Waals surface area contributed by atoms with Crippen LogP contribution in [0.2, 0.25) is 0 Å². The maximum Gasteiger partial charge on any atom is 0.314 e. The van der Waals surface area contributed by atoms with Gasteiger partial charge in [0, 0.05) is 24.0 Å². The van der Waals surface area contributed by atoms with Gasteiger partial charge in [-0.25, -0.2) is 0 Å². The predicted octanol–water partition coefficient (Wildman–Crippen LogP) is 3.12. The van der Waals surface area contributed by atoms with Crippen molar-refractivity contribution in [2.75, 3.05) is 6.54 Å². The Kier molecular flexibility index (Phi) is 10.7. The highest BCUT2D eigenvalue weighted by Gasteiger charge is 2.24. The number of aryl methyl sites for hydroxylation is 2. The number of fused-ring (bicyclic) bond motifs is 2. The van der Waals surface area contributed by atoms with E-state index in [2.05, 4.69) is 36.3 Å². The topological polar surface area (TPSA) is 160 Å². The van der Waals surface area contributed by atoms with E-state index in [4.69, 9.17) is 10.2 Å². The van der Waals surface area contributed by atoms with Crippen LogP contribution in [0.15, 0.2) is 41.2 Å². The molecule has 200 valence electrons. The summed E-state index contributed by atoms with van der Waals surface area (Å²) in [7, 11) is 0. The molecule has 1 atom stereocenters. The Balaban J connectivity index is 0.000000532. The Morgan fingerprint density at radius 1 is 1.00 bits per heavy atom. The van der Waals surface area contributed by atoms with Gasteiger partial charge in [-0.3, -0.25) is 14.4 Å². The second kappa shape index (κ2) is 13.2. The Hall–Kier alpha value is -3.40. The summed E-state index contributed by atoms with van der Waals surface area (Å²) >= 11 is 0. The van der Waals surface area contributed by atoms with E-state index in [0.29, 0.717) is 29.1 Å². The van der Waals surface area contributed by atoms with Gasteiger partial charge in [-0.05, 0) is 65.6 Å². The third-order valence-corrected chi connectivity index (χ3v) is 6.38. The molecule has 9 nitrogen and oxygen atoms in total. The Labute approximate surface area is 220 Å². The SMILES string of the molecule is CCc1cc2c(cc1CC)CC(NC[C@H](O)c1ccc(O)c3[nH]c(=O)ccc13)C2.Cl.O=C(O)CC(=O)O. The normalized spacial score (nSPS) is 13.3. The van der Waals surface area contributed by atoms with E-state index in [-0.39, 0.29) is 23.7 Å². The number of aromatic hydroxyl groups is 1. The zero-order chi connectivity index (χ0) is 26.4. The van der Waals surface area contributed by atoms with Gasteiger partial charge in [0.1, 0.15) is 12.2 Å². The average molecular weight is 533 g/mol. The maximum atomic E-state index is 11.6. The van der Waals surface area contributed by atoms with Crippen LogP contribution >= 0.6 is 12.4 Å². The molecule has 0 aliphatic heterocycles. The van der Waals surface area contributed by atoms with Gasteiger partial charge in [0.05, 0.1) is 11.6 Å². The number of rotatable bonds is 8. The molecule has 1 heterocycles. The van der Waals surface area contributed by atoms with Crippen molar-refractivity contribution in [2.45, 2.75) is 58.1 Å². The number of phenols is 1. The minimum absolute atomic E-state index is 0. The van der Waals surface area contributed by atoms with Crippen molar-refractivity contribution in [3.05, 3.63) is 74.6 Å². The summed E-state index contributed by atoms with van der Waals surface area (Å²) < 4.78 is 0. The van der Waals surface area contributed by atoms with E-state index in [1.165, 1.54) is 34.4 Å². The molecule has 4 rings (SSSR count). The molecule has 0 radical (unpaired) electrons. The highest BCUT2D eigenvalue weighted by atomic mass is 35.5. The monoisotopic (exact) mass is 532 g/mol. The third kappa shape index (κ3) is 7.55. The lowest BCUT2D eigenvalue weighted by atomic mass is 9.97. The van der Waals surface area contributed by atoms with Crippen LogP contribution in [-0.2, 0) is 35.3 Å². The number of pyridine rings is 1. The third-order valence-electron chi connectivity index (χ3n) is 6.38. The minimum atomic E-state index is -1.31. The first-order valence-corrected chi connectivity index (χ1v) is 12.0. The fourth-order valence-electron chi connectivity index (χ4n) is 4.64. The van der Waals surface area contributed by atoms with Crippen LogP contribution in [0.5, 0.6) is 5.75 Å². The number of aromatic amines is 1. The summed E-state index contributed by atoms with van der Waals surface area (Å²) in [6, 6.07) is 11.3. The average Bonchev–Trinajstić information content (AvgIpc) is 3.23. The van der Waals surface area contributed by atoms with Crippen molar-refractivity contribution < 1.29 is 30.0 Å². The Morgan fingerprint density at radius 3 is 2.05 bits per heavy atom. The van der Waals surface area contributed by atoms with Crippen molar-refractivity contribution in [3.8, 4) is 5.75 Å². The number of aliphatic hydroxyl groups is 1. The lowest BCUT2D eigenvalue weighted by Crippen LogP contribution is -2.33. The number of hydrogen-bond acceptors (Lipinski definition) is 6. The molecule has 0 saturated carbocycles. The van der Waals surface area contributed by atoms with E-state index in [9.17, 15) is 24.6 Å². The number of aromatic nitrogens is 1. The molecule has 1 aromatic heterocycles. The summed E-state index contributed by atoms with van der Waals surface area (Å²) in [5.41, 5.74) is 6.49. The van der Waals surface area contributed by atoms with Gasteiger partial charge in [0.25, 0.3) is 0 Å². The van der Waals surface area contributed by atoms with Gasteiger partial charge >= 0.3 is 11.9 Å². The number of carboxylic acid groups (broad SMARTS) is 2. The summed E-state index contributed by atoms with van der Waals surface area (Å²) in [5, 5.41) is 40.4. The zero-order valence-electron chi connectivity index (χ0n) is 20.8. The number of hydrogen-bond donors (Lipinski definition) is 6. The lowest BCUT2D eigenvalue weighted by molar-refractivity contribution is -0.147. The second-order valence-electron chi connectivity index (χ2n) is 8.88. The number of carboxylic acids is 2. The summed E-state index contributed by atoms with van der Waals surface area (Å²) in [5.74, 6) is -2.62. The van der Waals surface area contributed by atoms with Crippen LogP contribution in [0.25, 0.3) is 10.9 Å². The Morgan fingerprint density at radius 2 is 1.57 bits per heavy atom. The molecule has 1 aliphatic rings. The van der Waals surface area contributed by atoms with Crippen molar-refractivity contribution in [1.29, 1.82) is 0 Å². The molecule has 0 bridgehead atoms. The van der Waals surface area contributed by atoms with Crippen LogP contribution in [0, 0.1) is 0 Å². The van der Waals surface area contributed by atoms with E-state index < -0.39 is 24.5 Å². The molecule has 10 heteroatoms. The number of H-pyrrole nitrogens is 1. The van der Waals surface area contributed by atoms with E-state index in [0.717, 1.165) is 25.7 Å². The van der Waals surface area contributed by atoms with Crippen LogP contribution in [0.4, 0.5) is 0 Å². The van der Waals surface area contributed by atoms with Gasteiger partial charge in [0.2, 0.25) is 5.56 Å². The molecule has 1 aliphatic carbocycles. The van der Waals surface area contributed by atoms with Gasteiger partial charge in [-0.15, -0.1) is 12.4 Å². The highest BCUT2D eigenvalue weighted by Crippen LogP contribution is 2.30. The van der Waals surface area contributed by atoms with Crippen LogP contribution in [0.1, 0.15) is 54.2 Å². The number of phenolic OH excluding ortho intramolecular Hbond substituents is 1. The maximum absolute atomic E-state index is 11.6. The molecule has 0 saturated heterocycles. The lowest BCUT2D eigenvalue weighted by Gasteiger charge is -2.18. The predicted molar refractivity (Wildman–Crippen MR) is 143 cm³/mol. The molecule has 6 N–H and O–H groups in total. The molecular weight excluding hydrogens is 500 g/mol. The second-order valence-corrected chi connectivity index (χ2v) is 8.88. The van der Waals surface area contributed by atoms with E-state index >= 15 is 0 Å². The van der Waals surface area contributed by atoms with E-state index in [1.54, 1.807) is 12.1 Å². The fourth-order valence-corrected chi connectivity index (χ4v) is 4.64. The molecule has 37 heavy (non-hydrogen) atoms. The van der Waals surface area contributed by atoms with Crippen molar-refractivity contribution in [3.63, 3.8) is 0 Å². The smallest absolute Gasteiger partial charge is 0.314 e. The van der Waals surface area contributed by atoms with Crippen LogP contribution < -0.4 is 10.9 Å². The number of aliphatic carboxylic acids is 2. The highest BCUT2D eigenvalue weighted by molar-refractivity contribution is 5.89. The number of carbonyl (C=O) groups is 2. The Bertz CT molecular complexity index is 1280. The molecule has 2 aromatic carbocycles. The first-order chi connectivity index (χ1) is 17.1. The van der Waals surface area contributed by atoms with E-state index in [1.807, 2.05) is 0 Å². The summed E-state index contributed by atoms with van der Waals surface area (Å²) in [4.78, 5) is 33.1. The molecule has 0 fully saturated rings. The standard InChI is InChI=1S/C24H28N2O3.C3H4O4.ClH/c1-3-14-9-16-11-18(12-17(16)10-15(14)4-2)25-13-22(28)19-5-7-21(27)24-20(19)6-8-23(29)26-24;4-2(5)1-3(6)7;/h5-10,18,22,25,27-28H,3-4,11-13H2,1-2H3,(H,26,29);1H2,(H,4,5)(H,6,7);1H/t22-;;/m0../s1. The van der Waals surface area contributed by atoms with Crippen LogP contribution in [0.3, 0.4) is 0 Å². The number of aliphatic hydroxyl groups excluding tert-OH is 1. The van der Waals surface area contributed by atoms with Gasteiger partial charge in [-0.2, -0.15) is 0 Å². The van der Waals surface area contributed by atoms with Crippen LogP contribution in [-0.4, -0.2) is 49.9 Å². The summed E-state index contributed by atoms with van der Waals surface area (Å²) in [6.45, 7) is 4.83. The van der Waals surface area contributed by atoms with Crippen molar-refractivity contribution in [1.82, 2.24) is 10.3 Å². The molecule has 0 spiro atoms. The molecule has 0 unspecified atom stereocenters. The van der Waals surface area contributed by atoms with Gasteiger partial charge in [0.15, 0.2) is 0 Å². The molecule has 0 amide bonds. The fraction of sp³-hybridized carbons (Fsp3) is 0.370. The quantitative estimate of drug-likeness (QED) is 0.241. The van der Waals surface area contributed by atoms with Crippen molar-refractivity contribution in [2.24, 2.45) is 0 Å². The largest absolute Gasteiger partial charge is 0.506 e.